The number of nitrogens with zero attached hydrogens (tertiary/aromatic N) is 2. The van der Waals surface area contributed by atoms with Crippen LogP contribution in [0.15, 0.2) is 53.5 Å². The Morgan fingerprint density at radius 3 is 2.62 bits per heavy atom. The Morgan fingerprint density at radius 1 is 1.21 bits per heavy atom. The van der Waals surface area contributed by atoms with Gasteiger partial charge in [-0.1, -0.05) is 48.0 Å². The van der Waals surface area contributed by atoms with Crippen molar-refractivity contribution in [2.24, 2.45) is 10.7 Å². The molecule has 158 valence electrons. The monoisotopic (exact) mass is 530 g/mol. The zero-order chi connectivity index (χ0) is 19.8. The summed E-state index contributed by atoms with van der Waals surface area (Å²) in [6.07, 6.45) is 0. The minimum atomic E-state index is 0. The van der Waals surface area contributed by atoms with Gasteiger partial charge in [0.15, 0.2) is 5.96 Å². The molecule has 0 aromatic heterocycles. The van der Waals surface area contributed by atoms with Crippen molar-refractivity contribution < 1.29 is 9.47 Å². The van der Waals surface area contributed by atoms with Crippen molar-refractivity contribution in [2.45, 2.75) is 12.6 Å². The first-order valence-electron chi connectivity index (χ1n) is 9.39. The van der Waals surface area contributed by atoms with Gasteiger partial charge in [-0.3, -0.25) is 9.89 Å². The molecular formula is C21H28ClIN4O2. The number of methoxy groups -OCH3 is 1. The summed E-state index contributed by atoms with van der Waals surface area (Å²) in [6, 6.07) is 15.8. The molecule has 1 aliphatic rings. The fourth-order valence-electron chi connectivity index (χ4n) is 3.33. The quantitative estimate of drug-likeness (QED) is 0.323. The van der Waals surface area contributed by atoms with E-state index in [9.17, 15) is 0 Å². The van der Waals surface area contributed by atoms with E-state index in [-0.39, 0.29) is 30.0 Å². The molecule has 2 aromatic rings. The van der Waals surface area contributed by atoms with Crippen LogP contribution >= 0.6 is 35.6 Å². The van der Waals surface area contributed by atoms with Crippen LogP contribution in [0.5, 0.6) is 0 Å². The molecule has 0 spiro atoms. The van der Waals surface area contributed by atoms with Gasteiger partial charge in [-0.25, -0.2) is 0 Å². The normalized spacial score (nSPS) is 16.1. The highest BCUT2D eigenvalue weighted by Crippen LogP contribution is 2.28. The summed E-state index contributed by atoms with van der Waals surface area (Å²) in [4.78, 5) is 6.96. The molecule has 3 rings (SSSR count). The average Bonchev–Trinajstić information content (AvgIpc) is 2.72. The van der Waals surface area contributed by atoms with Crippen LogP contribution in [0.3, 0.4) is 0 Å². The van der Waals surface area contributed by atoms with Gasteiger partial charge in [0.05, 0.1) is 32.4 Å². The number of ether oxygens (including phenoxy) is 2. The van der Waals surface area contributed by atoms with E-state index < -0.39 is 0 Å². The molecule has 0 saturated carbocycles. The van der Waals surface area contributed by atoms with E-state index in [1.807, 2.05) is 42.5 Å². The zero-order valence-corrected chi connectivity index (χ0v) is 19.6. The van der Waals surface area contributed by atoms with Gasteiger partial charge in [0.2, 0.25) is 0 Å². The molecular weight excluding hydrogens is 503 g/mol. The molecule has 1 saturated heterocycles. The highest BCUT2D eigenvalue weighted by Gasteiger charge is 2.24. The van der Waals surface area contributed by atoms with Crippen LogP contribution in [0.1, 0.15) is 17.2 Å². The highest BCUT2D eigenvalue weighted by molar-refractivity contribution is 14.0. The molecule has 29 heavy (non-hydrogen) atoms. The molecule has 0 amide bonds. The first kappa shape index (κ1) is 23.9. The lowest BCUT2D eigenvalue weighted by molar-refractivity contribution is 0.0180. The van der Waals surface area contributed by atoms with Crippen molar-refractivity contribution >= 4 is 47.2 Å². The summed E-state index contributed by atoms with van der Waals surface area (Å²) in [7, 11) is 1.67. The topological polar surface area (TPSA) is 72.1 Å². The minimum absolute atomic E-state index is 0. The Labute approximate surface area is 194 Å². The molecule has 1 unspecified atom stereocenters. The number of aliphatic imine (C=N–C) groups is 1. The van der Waals surface area contributed by atoms with Crippen LogP contribution < -0.4 is 11.1 Å². The third-order valence-electron chi connectivity index (χ3n) is 4.77. The fourth-order valence-corrected chi connectivity index (χ4v) is 3.59. The standard InChI is InChI=1S/C21H27ClN4O2.HI/c1-27-15-16-6-2-5-9-19(16)25-21(23)24-14-20(26-10-12-28-13-11-26)17-7-3-4-8-18(17)22;/h2-9,20H,10-15H2,1H3,(H3,23,24,25);1H. The number of para-hydroxylation sites is 1. The number of halogens is 2. The van der Waals surface area contributed by atoms with Crippen molar-refractivity contribution in [2.75, 3.05) is 45.3 Å². The Balaban J connectivity index is 0.00000300. The number of benzene rings is 2. The zero-order valence-electron chi connectivity index (χ0n) is 16.5. The van der Waals surface area contributed by atoms with Crippen molar-refractivity contribution in [1.29, 1.82) is 0 Å². The SMILES string of the molecule is COCc1ccccc1NC(N)=NCC(c1ccccc1Cl)N1CCOCC1.I. The van der Waals surface area contributed by atoms with E-state index in [4.69, 9.17) is 26.8 Å². The van der Waals surface area contributed by atoms with E-state index in [0.29, 0.717) is 32.3 Å². The number of guanidine groups is 1. The van der Waals surface area contributed by atoms with Crippen molar-refractivity contribution in [3.05, 3.63) is 64.7 Å². The van der Waals surface area contributed by atoms with E-state index >= 15 is 0 Å². The summed E-state index contributed by atoms with van der Waals surface area (Å²) in [5.74, 6) is 0.369. The summed E-state index contributed by atoms with van der Waals surface area (Å²) >= 11 is 6.47. The largest absolute Gasteiger partial charge is 0.380 e. The van der Waals surface area contributed by atoms with Crippen molar-refractivity contribution in [3.63, 3.8) is 0 Å². The lowest BCUT2D eigenvalue weighted by atomic mass is 10.0. The Bertz CT molecular complexity index is 800. The minimum Gasteiger partial charge on any atom is -0.380 e. The fraction of sp³-hybridized carbons (Fsp3) is 0.381. The van der Waals surface area contributed by atoms with Gasteiger partial charge >= 0.3 is 0 Å². The lowest BCUT2D eigenvalue weighted by Crippen LogP contribution is -2.40. The second-order valence-corrected chi connectivity index (χ2v) is 7.03. The average molecular weight is 531 g/mol. The molecule has 3 N–H and O–H groups in total. The Kier molecular flexibility index (Phi) is 10.2. The van der Waals surface area contributed by atoms with Gasteiger partial charge < -0.3 is 20.5 Å². The van der Waals surface area contributed by atoms with Crippen LogP contribution in [0.2, 0.25) is 5.02 Å². The number of hydrogen-bond acceptors (Lipinski definition) is 4. The highest BCUT2D eigenvalue weighted by atomic mass is 127. The van der Waals surface area contributed by atoms with Crippen LogP contribution in [0.4, 0.5) is 5.69 Å². The van der Waals surface area contributed by atoms with E-state index in [2.05, 4.69) is 21.3 Å². The molecule has 8 heteroatoms. The first-order valence-corrected chi connectivity index (χ1v) is 9.77. The maximum absolute atomic E-state index is 6.47. The molecule has 1 heterocycles. The second-order valence-electron chi connectivity index (χ2n) is 6.63. The van der Waals surface area contributed by atoms with Crippen molar-refractivity contribution in [1.82, 2.24) is 4.90 Å². The third-order valence-corrected chi connectivity index (χ3v) is 5.11. The van der Waals surface area contributed by atoms with Gasteiger partial charge in [-0.05, 0) is 17.7 Å². The molecule has 6 nitrogen and oxygen atoms in total. The van der Waals surface area contributed by atoms with Gasteiger partial charge in [0, 0.05) is 36.5 Å². The number of morpholine rings is 1. The number of rotatable bonds is 7. The molecule has 0 bridgehead atoms. The number of nitrogens with two attached hydrogens (primary N) is 1. The number of hydrogen-bond donors (Lipinski definition) is 2. The summed E-state index contributed by atoms with van der Waals surface area (Å²) in [6.45, 7) is 4.12. The van der Waals surface area contributed by atoms with Crippen LogP contribution in [-0.4, -0.2) is 50.8 Å². The van der Waals surface area contributed by atoms with Crippen LogP contribution in [-0.2, 0) is 16.1 Å². The van der Waals surface area contributed by atoms with Crippen LogP contribution in [0, 0.1) is 0 Å². The number of nitrogens with one attached hydrogen (secondary N) is 1. The molecule has 0 radical (unpaired) electrons. The Morgan fingerprint density at radius 2 is 1.90 bits per heavy atom. The van der Waals surface area contributed by atoms with E-state index in [1.54, 1.807) is 7.11 Å². The Hall–Kier alpha value is -1.39. The van der Waals surface area contributed by atoms with Crippen LogP contribution in [0.25, 0.3) is 0 Å². The summed E-state index contributed by atoms with van der Waals surface area (Å²) in [5.41, 5.74) is 9.17. The van der Waals surface area contributed by atoms with E-state index in [0.717, 1.165) is 34.9 Å². The van der Waals surface area contributed by atoms with E-state index in [1.165, 1.54) is 0 Å². The maximum Gasteiger partial charge on any atom is 0.193 e. The molecule has 2 aromatic carbocycles. The third kappa shape index (κ3) is 6.82. The second kappa shape index (κ2) is 12.3. The predicted molar refractivity (Wildman–Crippen MR) is 129 cm³/mol. The number of anilines is 1. The van der Waals surface area contributed by atoms with Gasteiger partial charge in [-0.15, -0.1) is 24.0 Å². The predicted octanol–water partition coefficient (Wildman–Crippen LogP) is 3.90. The first-order chi connectivity index (χ1) is 13.7. The van der Waals surface area contributed by atoms with Gasteiger partial charge in [-0.2, -0.15) is 0 Å². The van der Waals surface area contributed by atoms with Gasteiger partial charge in [0.25, 0.3) is 0 Å². The maximum atomic E-state index is 6.47. The summed E-state index contributed by atoms with van der Waals surface area (Å²) in [5, 5.41) is 3.93. The molecule has 1 fully saturated rings. The van der Waals surface area contributed by atoms with Crippen molar-refractivity contribution in [3.8, 4) is 0 Å². The molecule has 1 atom stereocenters. The molecule has 1 aliphatic heterocycles. The van der Waals surface area contributed by atoms with Gasteiger partial charge in [0.1, 0.15) is 0 Å². The summed E-state index contributed by atoms with van der Waals surface area (Å²) < 4.78 is 10.7. The lowest BCUT2D eigenvalue weighted by Gasteiger charge is -2.34. The molecule has 0 aliphatic carbocycles. The smallest absolute Gasteiger partial charge is 0.193 e.